The number of carbonyl (C=O) groups is 2. The Morgan fingerprint density at radius 1 is 0.927 bits per heavy atom. The molecule has 8 heteroatoms. The van der Waals surface area contributed by atoms with E-state index in [2.05, 4.69) is 6.92 Å². The standard InChI is InChI=1S/C33H42N2O6/c1-6-7-8-9-10-14-21-39-27-19-17-26(18-20-27)28(29-31(36)40-33(4,5)41-32(29)37)30-34(23(2)24(3)35(30)38)22-25-15-12-11-13-16-25/h11-13,15-20,28-29H,6-10,14,21-22H2,1-5H3/t28-/m0/s1. The van der Waals surface area contributed by atoms with Gasteiger partial charge in [-0.05, 0) is 29.7 Å². The number of cyclic esters (lactones) is 2. The number of imidazole rings is 1. The molecule has 2 aromatic carbocycles. The molecule has 220 valence electrons. The number of hydrogen-bond acceptors (Lipinski definition) is 6. The van der Waals surface area contributed by atoms with E-state index >= 15 is 0 Å². The van der Waals surface area contributed by atoms with Gasteiger partial charge in [-0.15, -0.1) is 0 Å². The van der Waals surface area contributed by atoms with E-state index in [-0.39, 0.29) is 5.82 Å². The SMILES string of the molecule is CCCCCCCCOc1ccc([C@H](c2n(Cc3ccccc3)c(C)c(C)[n+]2[O-])C2C(=O)OC(C)(C)OC2=O)cc1. The summed E-state index contributed by atoms with van der Waals surface area (Å²) in [5, 5.41) is 13.7. The van der Waals surface area contributed by atoms with Gasteiger partial charge in [0.2, 0.25) is 0 Å². The summed E-state index contributed by atoms with van der Waals surface area (Å²) in [6.45, 7) is 9.86. The molecule has 1 aliphatic rings. The van der Waals surface area contributed by atoms with Crippen LogP contribution < -0.4 is 9.47 Å². The summed E-state index contributed by atoms with van der Waals surface area (Å²) >= 11 is 0. The maximum Gasteiger partial charge on any atom is 0.324 e. The van der Waals surface area contributed by atoms with Crippen LogP contribution in [0.2, 0.25) is 0 Å². The molecule has 0 amide bonds. The van der Waals surface area contributed by atoms with Crippen molar-refractivity contribution >= 4 is 11.9 Å². The van der Waals surface area contributed by atoms with Crippen molar-refractivity contribution in [3.63, 3.8) is 0 Å². The Balaban J connectivity index is 1.68. The van der Waals surface area contributed by atoms with E-state index in [0.29, 0.717) is 30.2 Å². The summed E-state index contributed by atoms with van der Waals surface area (Å²) in [6.07, 6.45) is 7.05. The zero-order valence-electron chi connectivity index (χ0n) is 24.9. The van der Waals surface area contributed by atoms with Crippen LogP contribution >= 0.6 is 0 Å². The van der Waals surface area contributed by atoms with E-state index < -0.39 is 29.6 Å². The highest BCUT2D eigenvalue weighted by atomic mass is 16.7. The quantitative estimate of drug-likeness (QED) is 0.0820. The van der Waals surface area contributed by atoms with E-state index in [1.165, 1.54) is 39.5 Å². The molecule has 2 heterocycles. The molecule has 1 aromatic heterocycles. The zero-order chi connectivity index (χ0) is 29.6. The number of rotatable bonds is 13. The topological polar surface area (TPSA) is 93.7 Å². The van der Waals surface area contributed by atoms with Crippen molar-refractivity contribution in [2.24, 2.45) is 5.92 Å². The van der Waals surface area contributed by atoms with Crippen molar-refractivity contribution in [1.82, 2.24) is 4.57 Å². The average Bonchev–Trinajstić information content (AvgIpc) is 3.14. The van der Waals surface area contributed by atoms with Crippen LogP contribution in [-0.2, 0) is 25.6 Å². The van der Waals surface area contributed by atoms with Crippen LogP contribution in [0.1, 0.15) is 93.6 Å². The van der Waals surface area contributed by atoms with Gasteiger partial charge < -0.3 is 19.4 Å². The molecule has 0 bridgehead atoms. The first kappa shape index (κ1) is 30.2. The summed E-state index contributed by atoms with van der Waals surface area (Å²) in [4.78, 5) is 26.7. The zero-order valence-corrected chi connectivity index (χ0v) is 24.9. The van der Waals surface area contributed by atoms with Crippen molar-refractivity contribution in [3.8, 4) is 5.75 Å². The number of hydrogen-bond donors (Lipinski definition) is 0. The maximum atomic E-state index is 13.7. The summed E-state index contributed by atoms with van der Waals surface area (Å²) in [6, 6.07) is 17.0. The van der Waals surface area contributed by atoms with Crippen molar-refractivity contribution in [3.05, 3.63) is 88.1 Å². The second-order valence-electron chi connectivity index (χ2n) is 11.3. The molecule has 1 saturated heterocycles. The second kappa shape index (κ2) is 13.2. The Bertz CT molecular complexity index is 1310. The minimum atomic E-state index is -1.38. The molecule has 41 heavy (non-hydrogen) atoms. The predicted octanol–water partition coefficient (Wildman–Crippen LogP) is 6.11. The smallest absolute Gasteiger partial charge is 0.324 e. The van der Waals surface area contributed by atoms with Gasteiger partial charge in [0.05, 0.1) is 6.61 Å². The molecule has 0 aliphatic carbocycles. The number of ether oxygens (including phenoxy) is 3. The summed E-state index contributed by atoms with van der Waals surface area (Å²) in [7, 11) is 0. The first-order valence-corrected chi connectivity index (χ1v) is 14.6. The van der Waals surface area contributed by atoms with E-state index in [1.54, 1.807) is 6.92 Å². The van der Waals surface area contributed by atoms with Gasteiger partial charge >= 0.3 is 11.9 Å². The van der Waals surface area contributed by atoms with Crippen LogP contribution in [-0.4, -0.2) is 28.9 Å². The van der Waals surface area contributed by atoms with Crippen LogP contribution in [0.15, 0.2) is 54.6 Å². The van der Waals surface area contributed by atoms with Gasteiger partial charge in [0.15, 0.2) is 5.92 Å². The molecular weight excluding hydrogens is 520 g/mol. The Kier molecular flexibility index (Phi) is 9.73. The fourth-order valence-corrected chi connectivity index (χ4v) is 5.39. The number of carbonyl (C=O) groups excluding carboxylic acids is 2. The lowest BCUT2D eigenvalue weighted by Gasteiger charge is -2.35. The number of unbranched alkanes of at least 4 members (excludes halogenated alkanes) is 5. The normalized spacial score (nSPS) is 15.8. The van der Waals surface area contributed by atoms with Crippen molar-refractivity contribution in [2.45, 2.75) is 91.4 Å². The number of benzene rings is 2. The van der Waals surface area contributed by atoms with E-state index in [1.807, 2.05) is 66.1 Å². The Morgan fingerprint density at radius 3 is 2.17 bits per heavy atom. The Labute approximate surface area is 242 Å². The van der Waals surface area contributed by atoms with E-state index in [4.69, 9.17) is 14.2 Å². The molecular formula is C33H42N2O6. The first-order valence-electron chi connectivity index (χ1n) is 14.6. The van der Waals surface area contributed by atoms with Crippen LogP contribution in [0, 0.1) is 25.0 Å². The number of nitrogens with zero attached hydrogens (tertiary/aromatic N) is 2. The van der Waals surface area contributed by atoms with Gasteiger partial charge in [-0.3, -0.25) is 9.59 Å². The van der Waals surface area contributed by atoms with E-state index in [9.17, 15) is 14.8 Å². The maximum absolute atomic E-state index is 13.7. The minimum absolute atomic E-state index is 0.281. The highest BCUT2D eigenvalue weighted by Crippen LogP contribution is 2.38. The largest absolute Gasteiger partial charge is 0.711 e. The third-order valence-electron chi connectivity index (χ3n) is 7.72. The van der Waals surface area contributed by atoms with Gasteiger partial charge in [0, 0.05) is 27.7 Å². The van der Waals surface area contributed by atoms with Crippen molar-refractivity contribution < 1.29 is 28.5 Å². The lowest BCUT2D eigenvalue weighted by molar-refractivity contribution is -0.621. The van der Waals surface area contributed by atoms with Gasteiger partial charge in [-0.2, -0.15) is 0 Å². The molecule has 3 aromatic rings. The molecule has 0 unspecified atom stereocenters. The third-order valence-corrected chi connectivity index (χ3v) is 7.72. The molecule has 0 N–H and O–H groups in total. The van der Waals surface area contributed by atoms with E-state index in [0.717, 1.165) is 28.8 Å². The van der Waals surface area contributed by atoms with Crippen LogP contribution in [0.4, 0.5) is 0 Å². The molecule has 1 atom stereocenters. The van der Waals surface area contributed by atoms with Gasteiger partial charge in [0.1, 0.15) is 29.6 Å². The van der Waals surface area contributed by atoms with Crippen LogP contribution in [0.5, 0.6) is 5.75 Å². The van der Waals surface area contributed by atoms with Crippen molar-refractivity contribution in [2.75, 3.05) is 6.61 Å². The Morgan fingerprint density at radius 2 is 1.54 bits per heavy atom. The predicted molar refractivity (Wildman–Crippen MR) is 155 cm³/mol. The molecule has 4 rings (SSSR count). The lowest BCUT2D eigenvalue weighted by atomic mass is 9.84. The van der Waals surface area contributed by atoms with Crippen LogP contribution in [0.3, 0.4) is 0 Å². The Hall–Kier alpha value is -3.81. The monoisotopic (exact) mass is 562 g/mol. The fourth-order valence-electron chi connectivity index (χ4n) is 5.39. The highest BCUT2D eigenvalue weighted by Gasteiger charge is 2.52. The molecule has 0 spiro atoms. The summed E-state index contributed by atoms with van der Waals surface area (Å²) in [5.41, 5.74) is 2.85. The third kappa shape index (κ3) is 7.10. The molecule has 8 nitrogen and oxygen atoms in total. The fraction of sp³-hybridized carbons (Fsp3) is 0.485. The minimum Gasteiger partial charge on any atom is -0.711 e. The molecule has 1 aliphatic heterocycles. The number of esters is 2. The average molecular weight is 563 g/mol. The van der Waals surface area contributed by atoms with Gasteiger partial charge in [-0.25, -0.2) is 9.30 Å². The van der Waals surface area contributed by atoms with Crippen LogP contribution in [0.25, 0.3) is 0 Å². The second-order valence-corrected chi connectivity index (χ2v) is 11.3. The van der Waals surface area contributed by atoms with Gasteiger partial charge in [0.25, 0.3) is 11.6 Å². The molecule has 0 radical (unpaired) electrons. The molecule has 0 saturated carbocycles. The van der Waals surface area contributed by atoms with Gasteiger partial charge in [-0.1, -0.05) is 81.5 Å². The highest BCUT2D eigenvalue weighted by molar-refractivity contribution is 5.98. The first-order chi connectivity index (χ1) is 19.6. The summed E-state index contributed by atoms with van der Waals surface area (Å²) < 4.78 is 19.7. The lowest BCUT2D eigenvalue weighted by Crippen LogP contribution is -2.50. The molecule has 1 fully saturated rings. The number of aromatic nitrogens is 2. The van der Waals surface area contributed by atoms with Crippen molar-refractivity contribution in [1.29, 1.82) is 0 Å². The summed E-state index contributed by atoms with van der Waals surface area (Å²) in [5.74, 6) is -4.13.